The van der Waals surface area contributed by atoms with Gasteiger partial charge in [0.2, 0.25) is 0 Å². The smallest absolute Gasteiger partial charge is 0.151 e. The number of benzene rings is 1. The van der Waals surface area contributed by atoms with Gasteiger partial charge in [-0.1, -0.05) is 28.9 Å². The van der Waals surface area contributed by atoms with E-state index in [9.17, 15) is 8.42 Å². The zero-order chi connectivity index (χ0) is 15.7. The lowest BCUT2D eigenvalue weighted by atomic mass is 10.1. The molecule has 7 heteroatoms. The lowest BCUT2D eigenvalue weighted by Gasteiger charge is -2.21. The predicted octanol–water partition coefficient (Wildman–Crippen LogP) is 2.61. The van der Waals surface area contributed by atoms with Crippen molar-refractivity contribution in [3.8, 4) is 11.3 Å². The highest BCUT2D eigenvalue weighted by Crippen LogP contribution is 2.23. The van der Waals surface area contributed by atoms with Gasteiger partial charge in [-0.15, -0.1) is 0 Å². The van der Waals surface area contributed by atoms with Gasteiger partial charge in [0.25, 0.3) is 0 Å². The van der Waals surface area contributed by atoms with Crippen LogP contribution in [0.4, 0.5) is 0 Å². The highest BCUT2D eigenvalue weighted by molar-refractivity contribution is 7.91. The molecule has 0 radical (unpaired) electrons. The number of hydrogen-bond donors (Lipinski definition) is 0. The standard InChI is InChI=1S/C15H17ClN2O3S/c1-18(13-6-7-22(19,20)10-13)9-14-8-15(17-21-14)11-2-4-12(16)5-3-11/h2-5,8,13H,6-7,9-10H2,1H3/t13-/m1/s1. The predicted molar refractivity (Wildman–Crippen MR) is 85.5 cm³/mol. The van der Waals surface area contributed by atoms with Crippen LogP contribution in [-0.4, -0.2) is 43.1 Å². The highest BCUT2D eigenvalue weighted by Gasteiger charge is 2.30. The first kappa shape index (κ1) is 15.5. The van der Waals surface area contributed by atoms with E-state index in [1.807, 2.05) is 30.1 Å². The molecule has 1 aromatic heterocycles. The third-order valence-electron chi connectivity index (χ3n) is 3.94. The van der Waals surface area contributed by atoms with Crippen molar-refractivity contribution >= 4 is 21.4 Å². The monoisotopic (exact) mass is 340 g/mol. The summed E-state index contributed by atoms with van der Waals surface area (Å²) in [6.07, 6.45) is 0.678. The van der Waals surface area contributed by atoms with E-state index in [0.29, 0.717) is 18.0 Å². The number of sulfone groups is 1. The van der Waals surface area contributed by atoms with Crippen LogP contribution in [0.5, 0.6) is 0 Å². The van der Waals surface area contributed by atoms with Crippen molar-refractivity contribution in [2.75, 3.05) is 18.6 Å². The van der Waals surface area contributed by atoms with Gasteiger partial charge >= 0.3 is 0 Å². The summed E-state index contributed by atoms with van der Waals surface area (Å²) in [5, 5.41) is 4.74. The zero-order valence-electron chi connectivity index (χ0n) is 12.2. The van der Waals surface area contributed by atoms with Crippen LogP contribution >= 0.6 is 11.6 Å². The Morgan fingerprint density at radius 3 is 2.73 bits per heavy atom. The number of hydrogen-bond acceptors (Lipinski definition) is 5. The topological polar surface area (TPSA) is 63.4 Å². The zero-order valence-corrected chi connectivity index (χ0v) is 13.8. The Morgan fingerprint density at radius 2 is 2.09 bits per heavy atom. The van der Waals surface area contributed by atoms with Crippen molar-refractivity contribution in [1.82, 2.24) is 10.1 Å². The fourth-order valence-corrected chi connectivity index (χ4v) is 4.57. The first-order valence-electron chi connectivity index (χ1n) is 7.05. The molecule has 0 N–H and O–H groups in total. The molecule has 0 amide bonds. The summed E-state index contributed by atoms with van der Waals surface area (Å²) < 4.78 is 28.4. The minimum Gasteiger partial charge on any atom is -0.359 e. The molecule has 0 saturated carbocycles. The van der Waals surface area contributed by atoms with Crippen LogP contribution in [0, 0.1) is 0 Å². The molecular weight excluding hydrogens is 324 g/mol. The number of nitrogens with zero attached hydrogens (tertiary/aromatic N) is 2. The quantitative estimate of drug-likeness (QED) is 0.856. The molecule has 1 aliphatic heterocycles. The summed E-state index contributed by atoms with van der Waals surface area (Å²) in [6, 6.07) is 9.31. The van der Waals surface area contributed by atoms with Gasteiger partial charge in [-0.05, 0) is 25.6 Å². The third kappa shape index (κ3) is 3.51. The van der Waals surface area contributed by atoms with Crippen LogP contribution in [0.3, 0.4) is 0 Å². The van der Waals surface area contributed by atoms with Gasteiger partial charge in [0.1, 0.15) is 5.69 Å². The van der Waals surface area contributed by atoms with E-state index in [2.05, 4.69) is 5.16 Å². The van der Waals surface area contributed by atoms with Crippen LogP contribution in [-0.2, 0) is 16.4 Å². The molecule has 1 aliphatic rings. The van der Waals surface area contributed by atoms with Crippen LogP contribution in [0.2, 0.25) is 5.02 Å². The molecule has 0 aliphatic carbocycles. The second-order valence-electron chi connectivity index (χ2n) is 5.66. The van der Waals surface area contributed by atoms with Gasteiger partial charge in [-0.3, -0.25) is 4.90 Å². The Labute approximate surface area is 134 Å². The van der Waals surface area contributed by atoms with Gasteiger partial charge in [0, 0.05) is 22.7 Å². The minimum atomic E-state index is -2.88. The molecule has 2 heterocycles. The number of aromatic nitrogens is 1. The summed E-state index contributed by atoms with van der Waals surface area (Å²) >= 11 is 5.87. The fourth-order valence-electron chi connectivity index (χ4n) is 2.64. The maximum atomic E-state index is 11.5. The SMILES string of the molecule is CN(Cc1cc(-c2ccc(Cl)cc2)no1)[C@@H]1CCS(=O)(=O)C1. The average molecular weight is 341 g/mol. The van der Waals surface area contributed by atoms with E-state index in [0.717, 1.165) is 17.0 Å². The molecule has 22 heavy (non-hydrogen) atoms. The third-order valence-corrected chi connectivity index (χ3v) is 5.94. The minimum absolute atomic E-state index is 0.0501. The van der Waals surface area contributed by atoms with E-state index in [4.69, 9.17) is 16.1 Å². The van der Waals surface area contributed by atoms with E-state index >= 15 is 0 Å². The first-order chi connectivity index (χ1) is 10.4. The van der Waals surface area contributed by atoms with Crippen molar-refractivity contribution in [3.63, 3.8) is 0 Å². The van der Waals surface area contributed by atoms with Crippen LogP contribution < -0.4 is 0 Å². The molecule has 3 rings (SSSR count). The normalized spacial score (nSPS) is 20.6. The maximum absolute atomic E-state index is 11.5. The summed E-state index contributed by atoms with van der Waals surface area (Å²) in [5.74, 6) is 1.22. The Bertz CT molecular complexity index is 755. The van der Waals surface area contributed by atoms with E-state index in [1.54, 1.807) is 12.1 Å². The van der Waals surface area contributed by atoms with E-state index in [-0.39, 0.29) is 17.5 Å². The lowest BCUT2D eigenvalue weighted by Crippen LogP contribution is -2.31. The molecule has 1 aromatic carbocycles. The van der Waals surface area contributed by atoms with Gasteiger partial charge < -0.3 is 4.52 Å². The Hall–Kier alpha value is -1.37. The number of rotatable bonds is 4. The summed E-state index contributed by atoms with van der Waals surface area (Å²) in [4.78, 5) is 2.01. The molecule has 0 unspecified atom stereocenters. The van der Waals surface area contributed by atoms with Gasteiger partial charge in [-0.2, -0.15) is 0 Å². The largest absolute Gasteiger partial charge is 0.359 e. The van der Waals surface area contributed by atoms with Gasteiger partial charge in [0.15, 0.2) is 15.6 Å². The van der Waals surface area contributed by atoms with Crippen LogP contribution in [0.25, 0.3) is 11.3 Å². The van der Waals surface area contributed by atoms with Crippen LogP contribution in [0.15, 0.2) is 34.9 Å². The van der Waals surface area contributed by atoms with E-state index in [1.165, 1.54) is 0 Å². The van der Waals surface area contributed by atoms with Crippen molar-refractivity contribution < 1.29 is 12.9 Å². The van der Waals surface area contributed by atoms with Crippen molar-refractivity contribution in [1.29, 1.82) is 0 Å². The molecule has 0 bridgehead atoms. The van der Waals surface area contributed by atoms with Crippen molar-refractivity contribution in [2.24, 2.45) is 0 Å². The average Bonchev–Trinajstić information content (AvgIpc) is 3.06. The Balaban J connectivity index is 1.68. The van der Waals surface area contributed by atoms with Gasteiger partial charge in [-0.25, -0.2) is 8.42 Å². The molecule has 1 saturated heterocycles. The van der Waals surface area contributed by atoms with Crippen molar-refractivity contribution in [3.05, 3.63) is 41.1 Å². The van der Waals surface area contributed by atoms with E-state index < -0.39 is 9.84 Å². The number of halogens is 1. The van der Waals surface area contributed by atoms with Crippen molar-refractivity contribution in [2.45, 2.75) is 19.0 Å². The molecule has 5 nitrogen and oxygen atoms in total. The molecular formula is C15H17ClN2O3S. The molecule has 118 valence electrons. The fraction of sp³-hybridized carbons (Fsp3) is 0.400. The summed E-state index contributed by atoms with van der Waals surface area (Å²) in [5.41, 5.74) is 1.68. The molecule has 1 atom stereocenters. The first-order valence-corrected chi connectivity index (χ1v) is 9.25. The molecule has 1 fully saturated rings. The van der Waals surface area contributed by atoms with Crippen LogP contribution in [0.1, 0.15) is 12.2 Å². The van der Waals surface area contributed by atoms with Gasteiger partial charge in [0.05, 0.1) is 18.1 Å². The molecule has 0 spiro atoms. The summed E-state index contributed by atoms with van der Waals surface area (Å²) in [6.45, 7) is 0.542. The lowest BCUT2D eigenvalue weighted by molar-refractivity contribution is 0.222. The summed E-state index contributed by atoms with van der Waals surface area (Å²) in [7, 11) is -0.962. The Kier molecular flexibility index (Phi) is 4.25. The highest BCUT2D eigenvalue weighted by atomic mass is 35.5. The molecule has 2 aromatic rings. The Morgan fingerprint density at radius 1 is 1.36 bits per heavy atom. The second-order valence-corrected chi connectivity index (χ2v) is 8.32. The maximum Gasteiger partial charge on any atom is 0.151 e. The second kappa shape index (κ2) is 6.02.